The van der Waals surface area contributed by atoms with E-state index in [1.807, 2.05) is 0 Å². The van der Waals surface area contributed by atoms with Gasteiger partial charge in [0.1, 0.15) is 13.2 Å². The molecule has 332 valence electrons. The van der Waals surface area contributed by atoms with Crippen LogP contribution >= 0.6 is 0 Å². The van der Waals surface area contributed by atoms with E-state index in [1.54, 1.807) is 0 Å². The van der Waals surface area contributed by atoms with Gasteiger partial charge in [0.15, 0.2) is 6.10 Å². The van der Waals surface area contributed by atoms with Gasteiger partial charge in [-0.1, -0.05) is 179 Å². The van der Waals surface area contributed by atoms with Gasteiger partial charge in [-0.25, -0.2) is 0 Å². The lowest BCUT2D eigenvalue weighted by Gasteiger charge is -2.18. The van der Waals surface area contributed by atoms with E-state index in [4.69, 9.17) is 14.2 Å². The Morgan fingerprint density at radius 3 is 0.947 bits per heavy atom. The lowest BCUT2D eigenvalue weighted by Crippen LogP contribution is -2.30. The first-order valence-electron chi connectivity index (χ1n) is 24.5. The summed E-state index contributed by atoms with van der Waals surface area (Å²) in [5.74, 6) is -0.903. The van der Waals surface area contributed by atoms with Crippen molar-refractivity contribution in [2.45, 2.75) is 258 Å². The van der Waals surface area contributed by atoms with Crippen molar-refractivity contribution in [3.8, 4) is 0 Å². The third kappa shape index (κ3) is 44.6. The normalized spacial score (nSPS) is 12.3. The van der Waals surface area contributed by atoms with Crippen molar-refractivity contribution in [1.82, 2.24) is 0 Å². The van der Waals surface area contributed by atoms with Crippen LogP contribution in [0, 0.1) is 0 Å². The second-order valence-electron chi connectivity index (χ2n) is 16.4. The van der Waals surface area contributed by atoms with Crippen LogP contribution in [0.1, 0.15) is 252 Å². The van der Waals surface area contributed by atoms with Crippen LogP contribution in [0.15, 0.2) is 36.5 Å². The Morgan fingerprint density at radius 1 is 0.333 bits per heavy atom. The number of ether oxygens (including phenoxy) is 3. The van der Waals surface area contributed by atoms with Crippen LogP contribution in [0.5, 0.6) is 0 Å². The summed E-state index contributed by atoms with van der Waals surface area (Å²) >= 11 is 0. The predicted octanol–water partition coefficient (Wildman–Crippen LogP) is 15.8. The molecular formula is C51H92O6. The summed E-state index contributed by atoms with van der Waals surface area (Å²) in [6.45, 7) is 6.56. The number of allylic oxidation sites excluding steroid dienone is 6. The summed E-state index contributed by atoms with van der Waals surface area (Å²) < 4.78 is 16.7. The molecule has 6 nitrogen and oxygen atoms in total. The first kappa shape index (κ1) is 54.6. The molecule has 1 atom stereocenters. The Morgan fingerprint density at radius 2 is 0.596 bits per heavy atom. The Balaban J connectivity index is 4.38. The van der Waals surface area contributed by atoms with Gasteiger partial charge in [-0.2, -0.15) is 0 Å². The number of carbonyl (C=O) groups excluding carboxylic acids is 3. The smallest absolute Gasteiger partial charge is 0.306 e. The molecule has 0 aromatic heterocycles. The molecule has 0 N–H and O–H groups in total. The Hall–Kier alpha value is -2.37. The summed E-state index contributed by atoms with van der Waals surface area (Å²) in [7, 11) is 0. The fourth-order valence-corrected chi connectivity index (χ4v) is 6.82. The zero-order valence-electron chi connectivity index (χ0n) is 37.9. The highest BCUT2D eigenvalue weighted by Gasteiger charge is 2.19. The summed E-state index contributed by atoms with van der Waals surface area (Å²) in [6.07, 6.45) is 52.6. The summed E-state index contributed by atoms with van der Waals surface area (Å²) in [5.41, 5.74) is 0. The maximum atomic E-state index is 12.7. The first-order valence-corrected chi connectivity index (χ1v) is 24.5. The van der Waals surface area contributed by atoms with Gasteiger partial charge in [0.05, 0.1) is 0 Å². The van der Waals surface area contributed by atoms with Crippen LogP contribution in [-0.2, 0) is 28.6 Å². The van der Waals surface area contributed by atoms with Crippen molar-refractivity contribution >= 4 is 17.9 Å². The van der Waals surface area contributed by atoms with Gasteiger partial charge in [-0.05, 0) is 89.9 Å². The van der Waals surface area contributed by atoms with Crippen molar-refractivity contribution in [3.63, 3.8) is 0 Å². The predicted molar refractivity (Wildman–Crippen MR) is 242 cm³/mol. The van der Waals surface area contributed by atoms with Crippen LogP contribution in [0.25, 0.3) is 0 Å². The number of unbranched alkanes of at least 4 members (excludes halogenated alkanes) is 27. The van der Waals surface area contributed by atoms with Crippen LogP contribution in [0.2, 0.25) is 0 Å². The van der Waals surface area contributed by atoms with Gasteiger partial charge in [0.2, 0.25) is 0 Å². The second kappa shape index (κ2) is 46.3. The maximum absolute atomic E-state index is 12.7. The third-order valence-electron chi connectivity index (χ3n) is 10.6. The molecule has 0 saturated heterocycles. The zero-order chi connectivity index (χ0) is 41.5. The fraction of sp³-hybridized carbons (Fsp3) is 0.824. The van der Waals surface area contributed by atoms with Gasteiger partial charge in [0.25, 0.3) is 0 Å². The van der Waals surface area contributed by atoms with E-state index in [-0.39, 0.29) is 31.1 Å². The minimum Gasteiger partial charge on any atom is -0.462 e. The molecule has 0 rings (SSSR count). The molecule has 0 aromatic rings. The van der Waals surface area contributed by atoms with Crippen LogP contribution in [0.4, 0.5) is 0 Å². The number of esters is 3. The second-order valence-corrected chi connectivity index (χ2v) is 16.4. The van der Waals surface area contributed by atoms with Crippen molar-refractivity contribution in [3.05, 3.63) is 36.5 Å². The molecule has 0 saturated carbocycles. The summed E-state index contributed by atoms with van der Waals surface area (Å²) in [4.78, 5) is 37.8. The number of rotatable bonds is 44. The average Bonchev–Trinajstić information content (AvgIpc) is 3.21. The van der Waals surface area contributed by atoms with Gasteiger partial charge in [-0.3, -0.25) is 14.4 Å². The molecule has 0 spiro atoms. The highest BCUT2D eigenvalue weighted by atomic mass is 16.6. The van der Waals surface area contributed by atoms with E-state index in [0.717, 1.165) is 83.5 Å². The summed E-state index contributed by atoms with van der Waals surface area (Å²) in [6, 6.07) is 0. The Labute approximate surface area is 353 Å². The molecule has 0 aliphatic rings. The lowest BCUT2D eigenvalue weighted by molar-refractivity contribution is -0.167. The van der Waals surface area contributed by atoms with Crippen molar-refractivity contribution in [1.29, 1.82) is 0 Å². The van der Waals surface area contributed by atoms with E-state index in [9.17, 15) is 14.4 Å². The Kier molecular flexibility index (Phi) is 44.4. The van der Waals surface area contributed by atoms with Gasteiger partial charge in [-0.15, -0.1) is 0 Å². The van der Waals surface area contributed by atoms with Crippen LogP contribution in [-0.4, -0.2) is 37.2 Å². The first-order chi connectivity index (χ1) is 28.0. The Bertz CT molecular complexity index is 969. The van der Waals surface area contributed by atoms with Gasteiger partial charge >= 0.3 is 17.9 Å². The molecule has 0 radical (unpaired) electrons. The van der Waals surface area contributed by atoms with Crippen molar-refractivity contribution in [2.75, 3.05) is 13.2 Å². The molecule has 0 aliphatic heterocycles. The van der Waals surface area contributed by atoms with E-state index in [1.165, 1.54) is 128 Å². The van der Waals surface area contributed by atoms with Gasteiger partial charge < -0.3 is 14.2 Å². The SMILES string of the molecule is CCCC/C=C\CCCCCCCC(=O)OC[C@H](COC(=O)CCCCCCC/C=C\CCCCCCCC)OC(=O)CCCCCCC/C=C\CCCCCC. The van der Waals surface area contributed by atoms with Crippen molar-refractivity contribution < 1.29 is 28.6 Å². The standard InChI is InChI=1S/C51H92O6/c1-4-7-10-13-16-19-22-24-25-27-29-32-35-38-41-44-50(53)56-47-48(46-55-49(52)43-40-37-34-31-28-21-18-15-12-9-6-3)57-51(54)45-42-39-36-33-30-26-23-20-17-14-11-8-5-2/h15,18,20,23-25,48H,4-14,16-17,19,21-22,26-47H2,1-3H3/b18-15-,23-20-,25-24-/t48-/m1/s1. The molecule has 0 fully saturated rings. The topological polar surface area (TPSA) is 78.9 Å². The number of carbonyl (C=O) groups is 3. The number of hydrogen-bond acceptors (Lipinski definition) is 6. The monoisotopic (exact) mass is 801 g/mol. The largest absolute Gasteiger partial charge is 0.462 e. The van der Waals surface area contributed by atoms with Crippen LogP contribution < -0.4 is 0 Å². The minimum atomic E-state index is -0.779. The van der Waals surface area contributed by atoms with Crippen molar-refractivity contribution in [2.24, 2.45) is 0 Å². The molecule has 0 heterocycles. The molecule has 0 bridgehead atoms. The van der Waals surface area contributed by atoms with E-state index in [2.05, 4.69) is 57.2 Å². The van der Waals surface area contributed by atoms with Gasteiger partial charge in [0, 0.05) is 19.3 Å². The summed E-state index contributed by atoms with van der Waals surface area (Å²) in [5, 5.41) is 0. The van der Waals surface area contributed by atoms with E-state index >= 15 is 0 Å². The quantitative estimate of drug-likeness (QED) is 0.0264. The highest BCUT2D eigenvalue weighted by Crippen LogP contribution is 2.14. The van der Waals surface area contributed by atoms with E-state index in [0.29, 0.717) is 19.3 Å². The average molecular weight is 801 g/mol. The highest BCUT2D eigenvalue weighted by molar-refractivity contribution is 5.71. The van der Waals surface area contributed by atoms with E-state index < -0.39 is 6.10 Å². The van der Waals surface area contributed by atoms with Crippen LogP contribution in [0.3, 0.4) is 0 Å². The lowest BCUT2D eigenvalue weighted by atomic mass is 10.1. The molecule has 0 aliphatic carbocycles. The molecule has 0 amide bonds. The molecular weight excluding hydrogens is 709 g/mol. The zero-order valence-corrected chi connectivity index (χ0v) is 37.9. The number of hydrogen-bond donors (Lipinski definition) is 0. The minimum absolute atomic E-state index is 0.0814. The fourth-order valence-electron chi connectivity index (χ4n) is 6.82. The molecule has 57 heavy (non-hydrogen) atoms. The maximum Gasteiger partial charge on any atom is 0.306 e. The third-order valence-corrected chi connectivity index (χ3v) is 10.6. The molecule has 0 unspecified atom stereocenters. The molecule has 6 heteroatoms. The molecule has 0 aromatic carbocycles.